The van der Waals surface area contributed by atoms with Gasteiger partial charge in [-0.05, 0) is 48.9 Å². The molecule has 2 amide bonds. The highest BCUT2D eigenvalue weighted by Gasteiger charge is 2.08. The Hall–Kier alpha value is -3.73. The Labute approximate surface area is 157 Å². The van der Waals surface area contributed by atoms with Gasteiger partial charge in [-0.15, -0.1) is 0 Å². The molecule has 0 aliphatic rings. The van der Waals surface area contributed by atoms with Gasteiger partial charge in [-0.1, -0.05) is 48.5 Å². The Morgan fingerprint density at radius 1 is 0.667 bits per heavy atom. The lowest BCUT2D eigenvalue weighted by atomic mass is 10.1. The molecule has 0 saturated heterocycles. The first-order chi connectivity index (χ1) is 13.1. The molecule has 3 aromatic carbocycles. The maximum Gasteiger partial charge on any atom is 0.271 e. The lowest BCUT2D eigenvalue weighted by molar-refractivity contribution is 0.0954. The number of anilines is 1. The van der Waals surface area contributed by atoms with Gasteiger partial charge in [-0.25, -0.2) is 5.43 Å². The van der Waals surface area contributed by atoms with Gasteiger partial charge in [0.15, 0.2) is 0 Å². The average molecular weight is 357 g/mol. The molecule has 0 aliphatic heterocycles. The number of hydrogen-bond acceptors (Lipinski definition) is 3. The SMILES string of the molecule is CC(=NNC(=O)c1ccc(NC(=O)c2ccccc2)cc1)c1ccccc1. The fraction of sp³-hybridized carbons (Fsp3) is 0.0455. The molecule has 0 spiro atoms. The van der Waals surface area contributed by atoms with Crippen LogP contribution in [0.3, 0.4) is 0 Å². The van der Waals surface area contributed by atoms with E-state index in [1.54, 1.807) is 48.5 Å². The molecule has 27 heavy (non-hydrogen) atoms. The number of amides is 2. The van der Waals surface area contributed by atoms with Crippen LogP contribution in [0.2, 0.25) is 0 Å². The minimum atomic E-state index is -0.314. The molecule has 134 valence electrons. The topological polar surface area (TPSA) is 70.6 Å². The van der Waals surface area contributed by atoms with Gasteiger partial charge < -0.3 is 5.32 Å². The summed E-state index contributed by atoms with van der Waals surface area (Å²) in [7, 11) is 0. The van der Waals surface area contributed by atoms with E-state index >= 15 is 0 Å². The average Bonchev–Trinajstić information content (AvgIpc) is 2.73. The number of hydrazone groups is 1. The van der Waals surface area contributed by atoms with E-state index in [4.69, 9.17) is 0 Å². The predicted octanol–water partition coefficient (Wildman–Crippen LogP) is 4.09. The van der Waals surface area contributed by atoms with Crippen molar-refractivity contribution in [3.8, 4) is 0 Å². The van der Waals surface area contributed by atoms with Crippen molar-refractivity contribution in [1.29, 1.82) is 0 Å². The van der Waals surface area contributed by atoms with Crippen LogP contribution in [0, 0.1) is 0 Å². The maximum absolute atomic E-state index is 12.2. The number of benzene rings is 3. The number of nitrogens with one attached hydrogen (secondary N) is 2. The molecule has 3 aromatic rings. The minimum absolute atomic E-state index is 0.198. The standard InChI is InChI=1S/C22H19N3O2/c1-16(17-8-4-2-5-9-17)24-25-22(27)19-12-14-20(15-13-19)23-21(26)18-10-6-3-7-11-18/h2-15H,1H3,(H,23,26)(H,25,27). The molecule has 0 unspecified atom stereocenters. The van der Waals surface area contributed by atoms with Crippen LogP contribution in [0.5, 0.6) is 0 Å². The summed E-state index contributed by atoms with van der Waals surface area (Å²) in [6, 6.07) is 25.2. The molecule has 5 heteroatoms. The minimum Gasteiger partial charge on any atom is -0.322 e. The van der Waals surface area contributed by atoms with E-state index in [9.17, 15) is 9.59 Å². The van der Waals surface area contributed by atoms with E-state index < -0.39 is 0 Å². The van der Waals surface area contributed by atoms with Crippen molar-refractivity contribution in [3.63, 3.8) is 0 Å². The molecule has 5 nitrogen and oxygen atoms in total. The highest BCUT2D eigenvalue weighted by atomic mass is 16.2. The molecule has 2 N–H and O–H groups in total. The van der Waals surface area contributed by atoms with E-state index in [1.807, 2.05) is 43.3 Å². The molecule has 0 fully saturated rings. The summed E-state index contributed by atoms with van der Waals surface area (Å²) in [6.45, 7) is 1.83. The summed E-state index contributed by atoms with van der Waals surface area (Å²) < 4.78 is 0. The number of carbonyl (C=O) groups excluding carboxylic acids is 2. The Kier molecular flexibility index (Phi) is 5.74. The number of carbonyl (C=O) groups is 2. The highest BCUT2D eigenvalue weighted by Crippen LogP contribution is 2.11. The van der Waals surface area contributed by atoms with Gasteiger partial charge >= 0.3 is 0 Å². The van der Waals surface area contributed by atoms with E-state index in [2.05, 4.69) is 15.8 Å². The summed E-state index contributed by atoms with van der Waals surface area (Å²) in [5.74, 6) is -0.512. The van der Waals surface area contributed by atoms with Crippen LogP contribution >= 0.6 is 0 Å². The quantitative estimate of drug-likeness (QED) is 0.533. The van der Waals surface area contributed by atoms with Crippen molar-refractivity contribution >= 4 is 23.2 Å². The Morgan fingerprint density at radius 2 is 1.19 bits per heavy atom. The zero-order chi connectivity index (χ0) is 19.1. The predicted molar refractivity (Wildman–Crippen MR) is 107 cm³/mol. The van der Waals surface area contributed by atoms with Gasteiger partial charge in [0, 0.05) is 16.8 Å². The smallest absolute Gasteiger partial charge is 0.271 e. The van der Waals surface area contributed by atoms with Crippen LogP contribution in [-0.4, -0.2) is 17.5 Å². The summed E-state index contributed by atoms with van der Waals surface area (Å²) in [6.07, 6.45) is 0. The maximum atomic E-state index is 12.2. The fourth-order valence-electron chi connectivity index (χ4n) is 2.44. The van der Waals surface area contributed by atoms with Crippen molar-refractivity contribution in [3.05, 3.63) is 102 Å². The normalized spacial score (nSPS) is 10.9. The van der Waals surface area contributed by atoms with Crippen molar-refractivity contribution in [2.24, 2.45) is 5.10 Å². The summed E-state index contributed by atoms with van der Waals surface area (Å²) in [5, 5.41) is 6.93. The molecular formula is C22H19N3O2. The van der Waals surface area contributed by atoms with Crippen LogP contribution < -0.4 is 10.7 Å². The van der Waals surface area contributed by atoms with Gasteiger partial charge in [0.25, 0.3) is 11.8 Å². The summed E-state index contributed by atoms with van der Waals surface area (Å²) >= 11 is 0. The third kappa shape index (κ3) is 4.89. The molecular weight excluding hydrogens is 338 g/mol. The third-order valence-corrected chi connectivity index (χ3v) is 3.96. The van der Waals surface area contributed by atoms with Gasteiger partial charge in [-0.3, -0.25) is 9.59 Å². The van der Waals surface area contributed by atoms with Crippen LogP contribution in [-0.2, 0) is 0 Å². The van der Waals surface area contributed by atoms with Crippen LogP contribution in [0.4, 0.5) is 5.69 Å². The molecule has 0 bridgehead atoms. The number of rotatable bonds is 5. The van der Waals surface area contributed by atoms with E-state index in [1.165, 1.54) is 0 Å². The largest absolute Gasteiger partial charge is 0.322 e. The zero-order valence-corrected chi connectivity index (χ0v) is 14.8. The zero-order valence-electron chi connectivity index (χ0n) is 14.8. The lowest BCUT2D eigenvalue weighted by Crippen LogP contribution is -2.19. The molecule has 0 heterocycles. The van der Waals surface area contributed by atoms with Gasteiger partial charge in [-0.2, -0.15) is 5.10 Å². The molecule has 0 atom stereocenters. The van der Waals surface area contributed by atoms with Gasteiger partial charge in [0.1, 0.15) is 0 Å². The Bertz CT molecular complexity index is 950. The van der Waals surface area contributed by atoms with Crippen LogP contribution in [0.15, 0.2) is 90.0 Å². The second-order valence-electron chi connectivity index (χ2n) is 5.90. The highest BCUT2D eigenvalue weighted by molar-refractivity contribution is 6.04. The second kappa shape index (κ2) is 8.58. The summed E-state index contributed by atoms with van der Waals surface area (Å²) in [4.78, 5) is 24.4. The van der Waals surface area contributed by atoms with Crippen molar-refractivity contribution in [2.75, 3.05) is 5.32 Å². The Balaban J connectivity index is 1.61. The first-order valence-corrected chi connectivity index (χ1v) is 8.50. The van der Waals surface area contributed by atoms with Crippen LogP contribution in [0.1, 0.15) is 33.2 Å². The van der Waals surface area contributed by atoms with Crippen LogP contribution in [0.25, 0.3) is 0 Å². The van der Waals surface area contributed by atoms with E-state index in [-0.39, 0.29) is 11.8 Å². The Morgan fingerprint density at radius 3 is 1.78 bits per heavy atom. The first kappa shape index (κ1) is 18.1. The summed E-state index contributed by atoms with van der Waals surface area (Å²) in [5.41, 5.74) is 5.85. The van der Waals surface area contributed by atoms with E-state index in [0.717, 1.165) is 11.3 Å². The molecule has 0 radical (unpaired) electrons. The van der Waals surface area contributed by atoms with Gasteiger partial charge in [0.05, 0.1) is 5.71 Å². The van der Waals surface area contributed by atoms with Crippen molar-refractivity contribution in [2.45, 2.75) is 6.92 Å². The second-order valence-corrected chi connectivity index (χ2v) is 5.90. The van der Waals surface area contributed by atoms with Crippen molar-refractivity contribution < 1.29 is 9.59 Å². The molecule has 0 aromatic heterocycles. The fourth-order valence-corrected chi connectivity index (χ4v) is 2.44. The molecule has 3 rings (SSSR count). The van der Waals surface area contributed by atoms with Gasteiger partial charge in [0.2, 0.25) is 0 Å². The first-order valence-electron chi connectivity index (χ1n) is 8.50. The van der Waals surface area contributed by atoms with Crippen molar-refractivity contribution in [1.82, 2.24) is 5.43 Å². The van der Waals surface area contributed by atoms with E-state index in [0.29, 0.717) is 16.8 Å². The molecule has 0 saturated carbocycles. The number of hydrogen-bond donors (Lipinski definition) is 2. The third-order valence-electron chi connectivity index (χ3n) is 3.96. The lowest BCUT2D eigenvalue weighted by Gasteiger charge is -2.07. The monoisotopic (exact) mass is 357 g/mol. The number of nitrogens with zero attached hydrogens (tertiary/aromatic N) is 1. The molecule has 0 aliphatic carbocycles.